The molecule has 150 valence electrons. The van der Waals surface area contributed by atoms with Crippen LogP contribution in [-0.4, -0.2) is 12.1 Å². The predicted octanol–water partition coefficient (Wildman–Crippen LogP) is 6.64. The Balaban J connectivity index is 1.87. The number of azide groups is 1. The molecule has 0 fully saturated rings. The van der Waals surface area contributed by atoms with E-state index in [1.54, 1.807) is 0 Å². The molecule has 4 nitrogen and oxygen atoms in total. The Kier molecular flexibility index (Phi) is 5.99. The van der Waals surface area contributed by atoms with Crippen molar-refractivity contribution in [2.45, 2.75) is 31.1 Å². The van der Waals surface area contributed by atoms with Crippen molar-refractivity contribution in [2.24, 2.45) is 11.0 Å². The lowest BCUT2D eigenvalue weighted by atomic mass is 9.79. The number of nitrogens with zero attached hydrogens (tertiary/aromatic N) is 3. The first-order chi connectivity index (χ1) is 14.8. The molecule has 0 amide bonds. The van der Waals surface area contributed by atoms with Gasteiger partial charge >= 0.3 is 0 Å². The summed E-state index contributed by atoms with van der Waals surface area (Å²) in [4.78, 5) is 3.05. The maximum Gasteiger partial charge on any atom is 0.144 e. The fourth-order valence-corrected chi connectivity index (χ4v) is 4.40. The lowest BCUT2D eigenvalue weighted by Gasteiger charge is -2.40. The first kappa shape index (κ1) is 20.0. The molecule has 0 bridgehead atoms. The van der Waals surface area contributed by atoms with Gasteiger partial charge in [0.2, 0.25) is 0 Å². The Morgan fingerprint density at radius 1 is 0.867 bits per heavy atom. The van der Waals surface area contributed by atoms with E-state index in [2.05, 4.69) is 65.5 Å². The van der Waals surface area contributed by atoms with Crippen molar-refractivity contribution in [3.8, 4) is 0 Å². The quantitative estimate of drug-likeness (QED) is 0.145. The van der Waals surface area contributed by atoms with Crippen LogP contribution in [0, 0.1) is 5.92 Å². The molecule has 3 unspecified atom stereocenters. The summed E-state index contributed by atoms with van der Waals surface area (Å²) < 4.78 is 7.02. The molecule has 3 aromatic rings. The van der Waals surface area contributed by atoms with Gasteiger partial charge in [0.25, 0.3) is 0 Å². The second kappa shape index (κ2) is 9.00. The Morgan fingerprint density at radius 2 is 1.33 bits per heavy atom. The molecular formula is C26H25N3O. The van der Waals surface area contributed by atoms with E-state index in [0.717, 1.165) is 23.1 Å². The van der Waals surface area contributed by atoms with Gasteiger partial charge in [0.15, 0.2) is 0 Å². The van der Waals surface area contributed by atoms with Crippen LogP contribution in [0.25, 0.3) is 10.4 Å². The molecule has 3 aromatic carbocycles. The van der Waals surface area contributed by atoms with Crippen LogP contribution in [0.1, 0.15) is 30.0 Å². The van der Waals surface area contributed by atoms with Gasteiger partial charge in [-0.05, 0) is 35.6 Å². The normalized spacial score (nSPS) is 19.2. The number of rotatable bonds is 7. The highest BCUT2D eigenvalue weighted by atomic mass is 16.5. The summed E-state index contributed by atoms with van der Waals surface area (Å²) in [5.74, 6) is 0.0245. The van der Waals surface area contributed by atoms with E-state index in [4.69, 9.17) is 10.3 Å². The maximum absolute atomic E-state index is 8.98. The fraction of sp³-hybridized carbons (Fsp3) is 0.231. The molecular weight excluding hydrogens is 370 g/mol. The van der Waals surface area contributed by atoms with Crippen molar-refractivity contribution in [3.05, 3.63) is 130 Å². The van der Waals surface area contributed by atoms with E-state index in [0.29, 0.717) is 0 Å². The third-order valence-electron chi connectivity index (χ3n) is 5.83. The molecule has 1 aliphatic carbocycles. The lowest BCUT2D eigenvalue weighted by Crippen LogP contribution is -2.39. The van der Waals surface area contributed by atoms with Crippen LogP contribution < -0.4 is 0 Å². The van der Waals surface area contributed by atoms with Crippen molar-refractivity contribution in [2.75, 3.05) is 0 Å². The van der Waals surface area contributed by atoms with Crippen LogP contribution in [0.2, 0.25) is 0 Å². The standard InChI is InChI=1S/C26H25N3O/c1-20(24-18-11-19-25(24)28-29-27)30-26(21-12-5-2-6-13-21,22-14-7-3-8-15-22)23-16-9-4-10-17-23/h2-18,20,24-25H,19H2,1H3. The van der Waals surface area contributed by atoms with Gasteiger partial charge in [-0.25, -0.2) is 0 Å². The molecule has 4 heteroatoms. The van der Waals surface area contributed by atoms with Gasteiger partial charge in [-0.1, -0.05) is 108 Å². The van der Waals surface area contributed by atoms with E-state index in [1.165, 1.54) is 0 Å². The topological polar surface area (TPSA) is 58.0 Å². The van der Waals surface area contributed by atoms with Gasteiger partial charge in [-0.3, -0.25) is 0 Å². The molecule has 0 saturated carbocycles. The minimum Gasteiger partial charge on any atom is -0.357 e. The zero-order chi connectivity index (χ0) is 20.8. The average Bonchev–Trinajstić information content (AvgIpc) is 3.28. The van der Waals surface area contributed by atoms with Crippen LogP contribution >= 0.6 is 0 Å². The largest absolute Gasteiger partial charge is 0.357 e. The van der Waals surface area contributed by atoms with E-state index in [1.807, 2.05) is 54.6 Å². The average molecular weight is 396 g/mol. The number of hydrogen-bond donors (Lipinski definition) is 0. The summed E-state index contributed by atoms with van der Waals surface area (Å²) in [5.41, 5.74) is 11.4. The SMILES string of the molecule is CC(OC(c1ccccc1)(c1ccccc1)c1ccccc1)C1C=CCC1N=[N+]=[N-]. The van der Waals surface area contributed by atoms with E-state index in [-0.39, 0.29) is 18.1 Å². The van der Waals surface area contributed by atoms with Crippen LogP contribution in [-0.2, 0) is 10.3 Å². The summed E-state index contributed by atoms with van der Waals surface area (Å²) in [6.07, 6.45) is 4.78. The number of hydrogen-bond acceptors (Lipinski definition) is 2. The Hall–Kier alpha value is -3.33. The highest BCUT2D eigenvalue weighted by molar-refractivity contribution is 5.47. The fourth-order valence-electron chi connectivity index (χ4n) is 4.40. The minimum atomic E-state index is -0.777. The monoisotopic (exact) mass is 395 g/mol. The van der Waals surface area contributed by atoms with E-state index < -0.39 is 5.60 Å². The van der Waals surface area contributed by atoms with E-state index in [9.17, 15) is 0 Å². The molecule has 0 aromatic heterocycles. The molecule has 0 heterocycles. The molecule has 1 aliphatic rings. The van der Waals surface area contributed by atoms with Crippen molar-refractivity contribution in [1.29, 1.82) is 0 Å². The lowest BCUT2D eigenvalue weighted by molar-refractivity contribution is -0.0588. The van der Waals surface area contributed by atoms with Crippen molar-refractivity contribution < 1.29 is 4.74 Å². The van der Waals surface area contributed by atoms with Gasteiger partial charge in [0.05, 0.1) is 6.10 Å². The molecule has 0 radical (unpaired) electrons. The van der Waals surface area contributed by atoms with Gasteiger partial charge in [-0.15, -0.1) is 0 Å². The van der Waals surface area contributed by atoms with Gasteiger partial charge in [0.1, 0.15) is 5.60 Å². The third-order valence-corrected chi connectivity index (χ3v) is 5.83. The summed E-state index contributed by atoms with van der Waals surface area (Å²) in [6, 6.07) is 30.9. The van der Waals surface area contributed by atoms with Crippen molar-refractivity contribution in [1.82, 2.24) is 0 Å². The van der Waals surface area contributed by atoms with Crippen LogP contribution in [0.5, 0.6) is 0 Å². The van der Waals surface area contributed by atoms with Crippen molar-refractivity contribution in [3.63, 3.8) is 0 Å². The Labute approximate surface area is 177 Å². The number of benzene rings is 3. The molecule has 0 aliphatic heterocycles. The third kappa shape index (κ3) is 3.76. The molecule has 30 heavy (non-hydrogen) atoms. The minimum absolute atomic E-state index is 0.0245. The molecule has 0 saturated heterocycles. The molecule has 0 spiro atoms. The van der Waals surface area contributed by atoms with Gasteiger partial charge in [0, 0.05) is 16.9 Å². The van der Waals surface area contributed by atoms with Crippen LogP contribution in [0.15, 0.2) is 108 Å². The first-order valence-corrected chi connectivity index (χ1v) is 10.3. The zero-order valence-corrected chi connectivity index (χ0v) is 17.0. The molecule has 4 rings (SSSR count). The van der Waals surface area contributed by atoms with Gasteiger partial charge in [-0.2, -0.15) is 0 Å². The predicted molar refractivity (Wildman–Crippen MR) is 120 cm³/mol. The van der Waals surface area contributed by atoms with Crippen molar-refractivity contribution >= 4 is 0 Å². The highest BCUT2D eigenvalue weighted by Gasteiger charge is 2.41. The Bertz CT molecular complexity index is 931. The summed E-state index contributed by atoms with van der Waals surface area (Å²) in [7, 11) is 0. The van der Waals surface area contributed by atoms with Crippen LogP contribution in [0.4, 0.5) is 0 Å². The second-order valence-electron chi connectivity index (χ2n) is 7.62. The first-order valence-electron chi connectivity index (χ1n) is 10.3. The van der Waals surface area contributed by atoms with Gasteiger partial charge < -0.3 is 4.74 Å². The molecule has 0 N–H and O–H groups in total. The second-order valence-corrected chi connectivity index (χ2v) is 7.62. The van der Waals surface area contributed by atoms with E-state index >= 15 is 0 Å². The Morgan fingerprint density at radius 3 is 1.77 bits per heavy atom. The smallest absolute Gasteiger partial charge is 0.144 e. The summed E-state index contributed by atoms with van der Waals surface area (Å²) >= 11 is 0. The summed E-state index contributed by atoms with van der Waals surface area (Å²) in [6.45, 7) is 2.07. The summed E-state index contributed by atoms with van der Waals surface area (Å²) in [5, 5.41) is 4.01. The maximum atomic E-state index is 8.98. The van der Waals surface area contributed by atoms with Crippen LogP contribution in [0.3, 0.4) is 0 Å². The zero-order valence-electron chi connectivity index (χ0n) is 17.0. The highest BCUT2D eigenvalue weighted by Crippen LogP contribution is 2.43. The molecule has 3 atom stereocenters. The number of ether oxygens (including phenoxy) is 1.